The number of hydrogen-bond acceptors (Lipinski definition) is 41. The van der Waals surface area contributed by atoms with E-state index in [9.17, 15) is 52.5 Å². The highest BCUT2D eigenvalue weighted by atomic mass is 31.2. The zero-order valence-electron chi connectivity index (χ0n) is 79.6. The molecule has 782 valence electrons. The van der Waals surface area contributed by atoms with Crippen LogP contribution >= 0.6 is 52.5 Å². The number of hydrogen-bond donors (Lipinski definition) is 9. The highest BCUT2D eigenvalue weighted by Gasteiger charge is 2.49. The van der Waals surface area contributed by atoms with Crippen molar-refractivity contribution in [1.82, 2.24) is 120 Å². The van der Waals surface area contributed by atoms with Gasteiger partial charge in [-0.2, -0.15) is 9.97 Å². The molecular weight excluding hydrogens is 2030 g/mol. The lowest BCUT2D eigenvalue weighted by atomic mass is 10.3. The van der Waals surface area contributed by atoms with Gasteiger partial charge in [-0.05, 0) is 33.8 Å². The summed E-state index contributed by atoms with van der Waals surface area (Å²) in [5.41, 5.74) is 11.3. The number of nitrogens with zero attached hydrogens (tertiary/aromatic N) is 19. The number of fused-ring (bicyclic) bond motifs is 2. The molecule has 9 aromatic heterocycles. The van der Waals surface area contributed by atoms with Gasteiger partial charge >= 0.3 is 28.4 Å². The number of aromatic amines is 5. The molecule has 0 saturated carbocycles. The quantitative estimate of drug-likeness (QED) is 0.0233. The number of nitrogen functional groups attached to an aromatic ring is 3. The summed E-state index contributed by atoms with van der Waals surface area (Å²) in [7, 11) is -28.1. The third-order valence-electron chi connectivity index (χ3n) is 24.9. The number of aromatic nitrogens is 18. The van der Waals surface area contributed by atoms with Gasteiger partial charge < -0.3 is 87.3 Å². The molecule has 16 heterocycles. The van der Waals surface area contributed by atoms with Crippen molar-refractivity contribution in [3.05, 3.63) is 182 Å². The second-order valence-corrected chi connectivity index (χ2v) is 53.7. The number of morpholine rings is 7. The zero-order chi connectivity index (χ0) is 103. The number of nitrogens with two attached hydrogens (primary N) is 3. The zero-order valence-corrected chi connectivity index (χ0v) is 85.9. The van der Waals surface area contributed by atoms with Crippen molar-refractivity contribution in [3.8, 4) is 0 Å². The highest BCUT2D eigenvalue weighted by molar-refractivity contribution is 7.58. The molecule has 20 atom stereocenters. The number of ether oxygens (including phenoxy) is 7. The van der Waals surface area contributed by atoms with Gasteiger partial charge in [-0.25, -0.2) is 71.9 Å². The van der Waals surface area contributed by atoms with E-state index in [1.54, 1.807) is 13.8 Å². The molecule has 0 aromatic carbocycles. The van der Waals surface area contributed by atoms with Crippen LogP contribution in [-0.2, 0) is 96.8 Å². The van der Waals surface area contributed by atoms with Crippen LogP contribution in [0.4, 0.5) is 17.6 Å². The predicted octanol–water partition coefficient (Wildman–Crippen LogP) is -0.328. The van der Waals surface area contributed by atoms with Crippen LogP contribution in [0.3, 0.4) is 0 Å². The first kappa shape index (κ1) is 106. The van der Waals surface area contributed by atoms with E-state index >= 15 is 27.4 Å². The lowest BCUT2D eigenvalue weighted by Crippen LogP contribution is -2.51. The highest BCUT2D eigenvalue weighted by Crippen LogP contribution is 2.58. The van der Waals surface area contributed by atoms with Crippen LogP contribution < -0.4 is 78.8 Å². The molecule has 0 spiro atoms. The molecule has 7 aliphatic rings. The van der Waals surface area contributed by atoms with E-state index in [1.807, 2.05) is 0 Å². The minimum atomic E-state index is -4.30. The Hall–Kier alpha value is -9.33. The molecule has 66 heteroatoms. The van der Waals surface area contributed by atoms with Crippen LogP contribution in [0.25, 0.3) is 22.3 Å². The molecule has 9 aromatic rings. The average molecular weight is 2140 g/mol. The summed E-state index contributed by atoms with van der Waals surface area (Å²) in [4.78, 5) is 169. The van der Waals surface area contributed by atoms with Crippen molar-refractivity contribution < 1.29 is 96.8 Å². The molecule has 7 aliphatic heterocycles. The van der Waals surface area contributed by atoms with Gasteiger partial charge in [-0.1, -0.05) is 0 Å². The van der Waals surface area contributed by atoms with E-state index in [0.29, 0.717) is 0 Å². The SMILES string of the molecule is Cc1cn(C2CN(P(C)(=O)OCC3CN(P(C)(=O)OCC4CN(P(C)(=O)OCC5CN(P(C)(=O)OCC6CN(P(C)(=O)OCC7CN(P(C)(=O)OCC8CNCC(n9cnc%10c(=O)[nH]c(N)nc%109)O8)CC(n8cnc9c(N)ncnc98)O7)CC(n7cc(C)c(=O)[nH]c7=O)O6)CC(n6ccc(N)nc6=O)O5)CC(n5cc(C)c(=O)[nH]c5=O)O4)CC(n4cc(C)c(=O)[nH]c4=O)O3)CC(COP(C)(C)=O)O2)c(=O)[nH]c1=O. The molecule has 7 saturated heterocycles. The van der Waals surface area contributed by atoms with Crippen LogP contribution in [0.15, 0.2) is 104 Å². The average Bonchev–Trinajstić information content (AvgIpc) is 1.77. The smallest absolute Gasteiger partial charge is 0.351 e. The van der Waals surface area contributed by atoms with Crippen LogP contribution in [0.5, 0.6) is 0 Å². The number of imidazole rings is 2. The van der Waals surface area contributed by atoms with Crippen molar-refractivity contribution in [3.63, 3.8) is 0 Å². The van der Waals surface area contributed by atoms with Gasteiger partial charge in [0.2, 0.25) is 5.95 Å². The molecule has 59 nitrogen and oxygen atoms in total. The Kier molecular flexibility index (Phi) is 31.6. The lowest BCUT2D eigenvalue weighted by Gasteiger charge is -2.44. The maximum absolute atomic E-state index is 15.7. The van der Waals surface area contributed by atoms with Crippen LogP contribution in [-0.4, -0.2) is 349 Å². The predicted molar refractivity (Wildman–Crippen MR) is 511 cm³/mol. The number of H-pyrrole nitrogens is 5. The molecule has 143 heavy (non-hydrogen) atoms. The molecular formula is C77H113N28O31P7. The fourth-order valence-corrected chi connectivity index (χ4v) is 26.8. The topological polar surface area (TPSA) is 720 Å². The summed E-state index contributed by atoms with van der Waals surface area (Å²) in [5.74, 6) is -0.235. The van der Waals surface area contributed by atoms with Crippen molar-refractivity contribution >= 4 is 92.4 Å². The third-order valence-corrected chi connectivity index (χ3v) is 37.6. The normalized spacial score (nSPS) is 27.2. The third kappa shape index (κ3) is 24.6. The van der Waals surface area contributed by atoms with Gasteiger partial charge in [0.05, 0.1) is 141 Å². The fourth-order valence-electron chi connectivity index (χ4n) is 17.2. The van der Waals surface area contributed by atoms with Crippen molar-refractivity contribution in [2.75, 3.05) is 208 Å². The monoisotopic (exact) mass is 2140 g/mol. The minimum Gasteiger partial charge on any atom is -0.383 e. The Labute approximate surface area is 810 Å². The van der Waals surface area contributed by atoms with Gasteiger partial charge in [0.1, 0.15) is 30.1 Å². The van der Waals surface area contributed by atoms with Gasteiger partial charge in [0.25, 0.3) is 72.9 Å². The molecule has 0 amide bonds. The summed E-state index contributed by atoms with van der Waals surface area (Å²) in [6.45, 7) is 10.1. The van der Waals surface area contributed by atoms with Crippen LogP contribution in [0, 0.1) is 27.7 Å². The molecule has 12 N–H and O–H groups in total. The largest absolute Gasteiger partial charge is 0.383 e. The van der Waals surface area contributed by atoms with Gasteiger partial charge in [-0.3, -0.25) is 113 Å². The van der Waals surface area contributed by atoms with Crippen molar-refractivity contribution in [2.45, 2.75) is 114 Å². The molecule has 0 aliphatic carbocycles. The summed E-state index contributed by atoms with van der Waals surface area (Å²) in [6.07, 6.45) is -5.97. The van der Waals surface area contributed by atoms with Crippen LogP contribution in [0.1, 0.15) is 65.8 Å². The first-order valence-electron chi connectivity index (χ1n) is 44.9. The van der Waals surface area contributed by atoms with E-state index in [-0.39, 0.29) is 160 Å². The Morgan fingerprint density at radius 3 is 0.972 bits per heavy atom. The van der Waals surface area contributed by atoms with E-state index < -0.39 is 235 Å². The number of aryl methyl sites for hydroxylation is 4. The lowest BCUT2D eigenvalue weighted by molar-refractivity contribution is -0.131. The van der Waals surface area contributed by atoms with Gasteiger partial charge in [-0.15, -0.1) is 0 Å². The first-order chi connectivity index (χ1) is 67.3. The summed E-state index contributed by atoms with van der Waals surface area (Å²) in [6, 6.07) is 1.31. The standard InChI is InChI=1S/C77H113N28O31P7/c1-43-17-100(74(112)89-67(43)106)57-28-94(21-48(132-57)34-123-137(5,6)116)140(9,119)127-37-51-25-96(30-59(134-51)102-19-45(3)69(108)91-76(102)114)142(11,121)128-38-52-24-95(29-58(135-52)101-18-44(2)68(107)90-75(101)113)141(10,120)125-35-49-22-93(27-56(131-49)99-14-13-54(78)86-73(99)111)139(8,118)126-36-50-23-97(31-60(133-50)103-20-46(4)70(109)92-77(103)115)143(12,122)129-39-53-26-98(32-61(136-53)105-41-84-62-64(79)82-40-83-65(62)105)138(7,117)124-33-47-15-81-16-55(130-47)104-42-85-63-66(104)87-72(80)88-71(63)110/h13-14,17-20,40-42,47-53,55-61,81H,15-16,21-39H2,1-12H3,(H2,78,86,111)(H2,79,82,83)(H,89,106,112)(H,90,107,113)(H,91,108,114)(H,92,109,115)(H3,80,87,88,110). The molecule has 7 fully saturated rings. The Bertz CT molecular complexity index is 7320. The van der Waals surface area contributed by atoms with E-state index in [1.165, 1.54) is 160 Å². The maximum atomic E-state index is 15.7. The summed E-state index contributed by atoms with van der Waals surface area (Å²) < 4.78 is 211. The van der Waals surface area contributed by atoms with E-state index in [2.05, 4.69) is 60.1 Å². The first-order valence-corrected chi connectivity index (χ1v) is 59.6. The fraction of sp³-hybridized carbons (Fsp3) is 0.610. The Morgan fingerprint density at radius 1 is 0.336 bits per heavy atom. The minimum absolute atomic E-state index is 0.0341. The van der Waals surface area contributed by atoms with E-state index in [0.717, 1.165) is 22.8 Å². The van der Waals surface area contributed by atoms with Crippen LogP contribution in [0.2, 0.25) is 0 Å². The molecule has 0 radical (unpaired) electrons. The molecule has 20 unspecified atom stereocenters. The number of rotatable bonds is 34. The van der Waals surface area contributed by atoms with Gasteiger partial charge in [0, 0.05) is 159 Å². The van der Waals surface area contributed by atoms with E-state index in [4.69, 9.17) is 82.0 Å². The molecule has 16 rings (SSSR count). The Morgan fingerprint density at radius 2 is 0.636 bits per heavy atom. The molecule has 0 bridgehead atoms. The second-order valence-electron chi connectivity index (χ2n) is 36.3. The van der Waals surface area contributed by atoms with Crippen molar-refractivity contribution in [1.29, 1.82) is 0 Å². The van der Waals surface area contributed by atoms with Gasteiger partial charge in [0.15, 0.2) is 61.1 Å². The van der Waals surface area contributed by atoms with Crippen molar-refractivity contribution in [2.24, 2.45) is 0 Å². The summed E-state index contributed by atoms with van der Waals surface area (Å²) in [5, 5.41) is 3.27. The Balaban J connectivity index is 0.612. The number of anilines is 3. The summed E-state index contributed by atoms with van der Waals surface area (Å²) >= 11 is 0. The second kappa shape index (κ2) is 42.5. The maximum Gasteiger partial charge on any atom is 0.351 e. The number of nitrogens with one attached hydrogen (secondary N) is 6.